The number of aromatic nitrogens is 2. The summed E-state index contributed by atoms with van der Waals surface area (Å²) < 4.78 is 71.2. The van der Waals surface area contributed by atoms with Gasteiger partial charge in [-0.05, 0) is 62.6 Å². The van der Waals surface area contributed by atoms with Gasteiger partial charge in [-0.25, -0.2) is 13.8 Å². The topological polar surface area (TPSA) is 87.9 Å². The third-order valence-corrected chi connectivity index (χ3v) is 5.69. The van der Waals surface area contributed by atoms with Gasteiger partial charge in [0, 0.05) is 36.6 Å². The van der Waals surface area contributed by atoms with E-state index in [0.717, 1.165) is 24.3 Å². The molecular weight excluding hydrogens is 495 g/mol. The molecule has 1 N–H and O–H groups in total. The maximum Gasteiger partial charge on any atom is 0.417 e. The van der Waals surface area contributed by atoms with Crippen molar-refractivity contribution in [3.8, 4) is 11.9 Å². The Labute approximate surface area is 210 Å². The fourth-order valence-electron chi connectivity index (χ4n) is 3.62. The summed E-state index contributed by atoms with van der Waals surface area (Å²) in [7, 11) is 0. The minimum absolute atomic E-state index is 0.176. The van der Waals surface area contributed by atoms with E-state index in [1.807, 2.05) is 6.07 Å². The number of nitrogens with one attached hydrogen (secondary N) is 1. The van der Waals surface area contributed by atoms with Gasteiger partial charge in [-0.1, -0.05) is 6.07 Å². The summed E-state index contributed by atoms with van der Waals surface area (Å²) in [6, 6.07) is 8.27. The number of hydrogen-bond donors (Lipinski definition) is 1. The molecule has 0 saturated carbocycles. The minimum atomic E-state index is -4.56. The second-order valence-electron chi connectivity index (χ2n) is 8.94. The predicted molar refractivity (Wildman–Crippen MR) is 123 cm³/mol. The second-order valence-corrected chi connectivity index (χ2v) is 8.94. The molecule has 1 amide bonds. The van der Waals surface area contributed by atoms with Crippen LogP contribution < -0.4 is 10.1 Å². The first-order valence-corrected chi connectivity index (χ1v) is 11.1. The van der Waals surface area contributed by atoms with Crippen LogP contribution in [0.15, 0.2) is 55.0 Å². The van der Waals surface area contributed by atoms with Crippen LogP contribution in [0.25, 0.3) is 0 Å². The number of rotatable bonds is 8. The van der Waals surface area contributed by atoms with Crippen LogP contribution in [-0.2, 0) is 17.4 Å². The number of carbonyl (C=O) groups is 1. The summed E-state index contributed by atoms with van der Waals surface area (Å²) in [6.45, 7) is 4.54. The monoisotopic (exact) mass is 518 g/mol. The van der Waals surface area contributed by atoms with Gasteiger partial charge in [0.15, 0.2) is 17.2 Å². The van der Waals surface area contributed by atoms with Crippen molar-refractivity contribution in [2.45, 2.75) is 50.9 Å². The summed E-state index contributed by atoms with van der Waals surface area (Å²) in [6.07, 6.45) is -0.888. The zero-order valence-corrected chi connectivity index (χ0v) is 20.1. The van der Waals surface area contributed by atoms with Gasteiger partial charge in [-0.2, -0.15) is 18.4 Å². The van der Waals surface area contributed by atoms with Crippen molar-refractivity contribution in [3.63, 3.8) is 0 Å². The molecular formula is C26H23F5N4O2. The van der Waals surface area contributed by atoms with E-state index in [4.69, 9.17) is 4.74 Å². The van der Waals surface area contributed by atoms with E-state index in [-0.39, 0.29) is 17.9 Å². The lowest BCUT2D eigenvalue weighted by Crippen LogP contribution is -2.51. The first-order chi connectivity index (χ1) is 17.3. The molecule has 3 aromatic rings. The Kier molecular flexibility index (Phi) is 8.11. The normalized spacial score (nSPS) is 13.4. The molecule has 37 heavy (non-hydrogen) atoms. The summed E-state index contributed by atoms with van der Waals surface area (Å²) in [5, 5.41) is 12.1. The van der Waals surface area contributed by atoms with Crippen LogP contribution in [0.3, 0.4) is 0 Å². The highest BCUT2D eigenvalue weighted by atomic mass is 19.4. The largest absolute Gasteiger partial charge is 0.462 e. The van der Waals surface area contributed by atoms with E-state index in [1.54, 1.807) is 13.0 Å². The molecule has 6 nitrogen and oxygen atoms in total. The summed E-state index contributed by atoms with van der Waals surface area (Å²) in [5.74, 6) is -3.29. The van der Waals surface area contributed by atoms with Gasteiger partial charge >= 0.3 is 6.18 Å². The Morgan fingerprint density at radius 2 is 1.81 bits per heavy atom. The molecule has 11 heteroatoms. The molecule has 2 unspecified atom stereocenters. The number of ether oxygens (including phenoxy) is 1. The molecule has 0 saturated heterocycles. The maximum absolute atomic E-state index is 13.8. The highest BCUT2D eigenvalue weighted by Gasteiger charge is 2.35. The molecule has 0 radical (unpaired) electrons. The number of halogens is 5. The fourth-order valence-corrected chi connectivity index (χ4v) is 3.62. The molecule has 0 spiro atoms. The molecule has 0 bridgehead atoms. The Bertz CT molecular complexity index is 1300. The molecule has 2 atom stereocenters. The smallest absolute Gasteiger partial charge is 0.417 e. The Morgan fingerprint density at radius 1 is 1.08 bits per heavy atom. The molecule has 3 rings (SSSR count). The number of benzene rings is 1. The fraction of sp³-hybridized carbons (Fsp3) is 0.308. The van der Waals surface area contributed by atoms with Crippen molar-refractivity contribution < 1.29 is 31.5 Å². The number of hydrogen-bond acceptors (Lipinski definition) is 5. The van der Waals surface area contributed by atoms with Gasteiger partial charge in [-0.15, -0.1) is 0 Å². The third kappa shape index (κ3) is 7.00. The number of carbonyl (C=O) groups excluding carboxylic acids is 1. The molecule has 0 aliphatic heterocycles. The van der Waals surface area contributed by atoms with Crippen molar-refractivity contribution in [2.75, 3.05) is 0 Å². The van der Waals surface area contributed by atoms with Gasteiger partial charge in [0.1, 0.15) is 6.07 Å². The Morgan fingerprint density at radius 3 is 2.41 bits per heavy atom. The first kappa shape index (κ1) is 27.5. The van der Waals surface area contributed by atoms with Crippen LogP contribution in [0.4, 0.5) is 22.0 Å². The molecule has 0 aliphatic rings. The number of nitriles is 1. The van der Waals surface area contributed by atoms with Crippen LogP contribution in [-0.4, -0.2) is 27.5 Å². The van der Waals surface area contributed by atoms with E-state index in [9.17, 15) is 32.0 Å². The van der Waals surface area contributed by atoms with E-state index >= 15 is 0 Å². The zero-order valence-electron chi connectivity index (χ0n) is 20.1. The number of alkyl halides is 3. The van der Waals surface area contributed by atoms with Crippen LogP contribution in [0.5, 0.6) is 5.88 Å². The van der Waals surface area contributed by atoms with Crippen LogP contribution in [0, 0.1) is 23.0 Å². The lowest BCUT2D eigenvalue weighted by molar-refractivity contribution is -0.138. The molecule has 1 aromatic carbocycles. The first-order valence-electron chi connectivity index (χ1n) is 11.1. The standard InChI is InChI=1S/C26H23F5N4O2/c1-15(35-24(36)25(2,3)37-23-7-5-19(14-34-23)26(29,30)31)20(18-8-17(11-32)12-33-13-18)9-16-4-6-21(27)22(28)10-16/h4-8,10,12-15,20H,9H2,1-3H3,(H,35,36). The SMILES string of the molecule is CC(NC(=O)C(C)(C)Oc1ccc(C(F)(F)F)cn1)C(Cc1ccc(F)c(F)c1)c1cncc(C#N)c1. The minimum Gasteiger partial charge on any atom is -0.462 e. The van der Waals surface area contributed by atoms with Gasteiger partial charge in [0.2, 0.25) is 5.88 Å². The van der Waals surface area contributed by atoms with Crippen molar-refractivity contribution >= 4 is 5.91 Å². The van der Waals surface area contributed by atoms with E-state index in [0.29, 0.717) is 17.3 Å². The summed E-state index contributed by atoms with van der Waals surface area (Å²) >= 11 is 0. The van der Waals surface area contributed by atoms with Crippen molar-refractivity contribution in [1.29, 1.82) is 5.26 Å². The number of amides is 1. The lowest BCUT2D eigenvalue weighted by atomic mass is 9.86. The average molecular weight is 518 g/mol. The van der Waals surface area contributed by atoms with Gasteiger partial charge < -0.3 is 10.1 Å². The molecule has 0 fully saturated rings. The van der Waals surface area contributed by atoms with Gasteiger partial charge in [-0.3, -0.25) is 9.78 Å². The zero-order chi connectivity index (χ0) is 27.4. The Hall–Kier alpha value is -4.07. The predicted octanol–water partition coefficient (Wildman–Crippen LogP) is 5.33. The van der Waals surface area contributed by atoms with E-state index in [2.05, 4.69) is 15.3 Å². The van der Waals surface area contributed by atoms with Crippen LogP contribution >= 0.6 is 0 Å². The number of pyridine rings is 2. The lowest BCUT2D eigenvalue weighted by Gasteiger charge is -2.30. The molecule has 2 heterocycles. The maximum atomic E-state index is 13.8. The van der Waals surface area contributed by atoms with Crippen molar-refractivity contribution in [3.05, 3.63) is 88.9 Å². The van der Waals surface area contributed by atoms with E-state index < -0.39 is 46.8 Å². The quantitative estimate of drug-likeness (QED) is 0.407. The average Bonchev–Trinajstić information content (AvgIpc) is 2.84. The van der Waals surface area contributed by atoms with Crippen LogP contribution in [0.1, 0.15) is 48.9 Å². The molecule has 2 aromatic heterocycles. The summed E-state index contributed by atoms with van der Waals surface area (Å²) in [5.41, 5.74) is -1.16. The van der Waals surface area contributed by atoms with Crippen molar-refractivity contribution in [2.24, 2.45) is 0 Å². The summed E-state index contributed by atoms with van der Waals surface area (Å²) in [4.78, 5) is 20.8. The van der Waals surface area contributed by atoms with Crippen LogP contribution in [0.2, 0.25) is 0 Å². The molecule has 0 aliphatic carbocycles. The highest BCUT2D eigenvalue weighted by molar-refractivity contribution is 5.85. The molecule has 194 valence electrons. The van der Waals surface area contributed by atoms with Crippen molar-refractivity contribution in [1.82, 2.24) is 15.3 Å². The van der Waals surface area contributed by atoms with Gasteiger partial charge in [0.25, 0.3) is 5.91 Å². The van der Waals surface area contributed by atoms with Gasteiger partial charge in [0.05, 0.1) is 11.1 Å². The highest BCUT2D eigenvalue weighted by Crippen LogP contribution is 2.30. The Balaban J connectivity index is 1.81. The second kappa shape index (κ2) is 10.9. The van der Waals surface area contributed by atoms with E-state index in [1.165, 1.54) is 32.3 Å². The third-order valence-electron chi connectivity index (χ3n) is 5.69. The number of nitrogens with zero attached hydrogens (tertiary/aromatic N) is 3.